The van der Waals surface area contributed by atoms with Crippen LogP contribution in [0.15, 0.2) is 18.2 Å². The highest BCUT2D eigenvalue weighted by molar-refractivity contribution is 6.42. The van der Waals surface area contributed by atoms with Gasteiger partial charge in [-0.1, -0.05) is 23.2 Å². The van der Waals surface area contributed by atoms with Gasteiger partial charge in [-0.15, -0.1) is 0 Å². The Morgan fingerprint density at radius 3 is 2.43 bits per heavy atom. The largest absolute Gasteiger partial charge is 0.508 e. The summed E-state index contributed by atoms with van der Waals surface area (Å²) in [5.41, 5.74) is 0. The molecule has 0 aliphatic carbocycles. The molecule has 1 aliphatic rings. The third-order valence-electron chi connectivity index (χ3n) is 3.34. The summed E-state index contributed by atoms with van der Waals surface area (Å²) < 4.78 is 0. The van der Waals surface area contributed by atoms with Gasteiger partial charge in [0.25, 0.3) is 0 Å². The van der Waals surface area contributed by atoms with E-state index in [1.54, 1.807) is 6.07 Å². The molecule has 2 N–H and O–H groups in total. The van der Waals surface area contributed by atoms with E-state index in [1.165, 1.54) is 25.0 Å². The van der Waals surface area contributed by atoms with Gasteiger partial charge in [0.15, 0.2) is 0 Å². The van der Waals surface area contributed by atoms with E-state index in [-0.39, 0.29) is 5.75 Å². The summed E-state index contributed by atoms with van der Waals surface area (Å²) in [4.78, 5) is 13.5. The molecule has 21 heavy (non-hydrogen) atoms. The van der Waals surface area contributed by atoms with Gasteiger partial charge in [-0.2, -0.15) is 0 Å². The van der Waals surface area contributed by atoms with E-state index >= 15 is 0 Å². The van der Waals surface area contributed by atoms with E-state index in [0.29, 0.717) is 28.4 Å². The summed E-state index contributed by atoms with van der Waals surface area (Å²) in [6.07, 6.45) is 3.00. The number of nitrogens with zero attached hydrogens (tertiary/aromatic N) is 1. The van der Waals surface area contributed by atoms with Gasteiger partial charge in [-0.05, 0) is 45.0 Å². The second-order valence-electron chi connectivity index (χ2n) is 5.08. The lowest BCUT2D eigenvalue weighted by atomic mass is 10.2. The van der Waals surface area contributed by atoms with E-state index in [1.807, 2.05) is 18.9 Å². The minimum absolute atomic E-state index is 0.129. The smallest absolute Gasteiger partial charge is 0.224 e. The minimum atomic E-state index is 0.129. The van der Waals surface area contributed by atoms with Crippen molar-refractivity contribution in [1.29, 1.82) is 0 Å². The van der Waals surface area contributed by atoms with Crippen LogP contribution < -0.4 is 5.32 Å². The van der Waals surface area contributed by atoms with Crippen LogP contribution in [-0.4, -0.2) is 42.1 Å². The van der Waals surface area contributed by atoms with Crippen molar-refractivity contribution in [2.75, 3.05) is 20.1 Å². The first-order valence-electron chi connectivity index (χ1n) is 7.03. The van der Waals surface area contributed by atoms with E-state index in [9.17, 15) is 4.79 Å². The summed E-state index contributed by atoms with van der Waals surface area (Å²) in [6, 6.07) is 4.72. The van der Waals surface area contributed by atoms with Crippen molar-refractivity contribution >= 4 is 29.1 Å². The Kier molecular flexibility index (Phi) is 7.86. The molecule has 118 valence electrons. The zero-order chi connectivity index (χ0) is 15.8. The van der Waals surface area contributed by atoms with Crippen LogP contribution in [0.5, 0.6) is 5.75 Å². The average Bonchev–Trinajstić information content (AvgIpc) is 2.98. The number of phenolic OH excluding ortho intramolecular Hbond substituents is 1. The lowest BCUT2D eigenvalue weighted by Gasteiger charge is -2.17. The molecule has 0 saturated carbocycles. The van der Waals surface area contributed by atoms with Crippen molar-refractivity contribution < 1.29 is 9.90 Å². The molecule has 1 aromatic carbocycles. The quantitative estimate of drug-likeness (QED) is 0.892. The fourth-order valence-electron chi connectivity index (χ4n) is 1.94. The third kappa shape index (κ3) is 6.55. The molecule has 1 saturated heterocycles. The van der Waals surface area contributed by atoms with Crippen molar-refractivity contribution in [3.8, 4) is 5.75 Å². The number of hydrogen-bond donors (Lipinski definition) is 2. The highest BCUT2D eigenvalue weighted by atomic mass is 35.5. The van der Waals surface area contributed by atoms with Crippen LogP contribution in [0.1, 0.15) is 26.2 Å². The predicted octanol–water partition coefficient (Wildman–Crippen LogP) is 3.31. The van der Waals surface area contributed by atoms with E-state index in [0.717, 1.165) is 13.1 Å². The molecule has 0 radical (unpaired) electrons. The van der Waals surface area contributed by atoms with Gasteiger partial charge in [0.05, 0.1) is 10.0 Å². The number of halogens is 2. The van der Waals surface area contributed by atoms with Crippen molar-refractivity contribution in [1.82, 2.24) is 10.2 Å². The van der Waals surface area contributed by atoms with Gasteiger partial charge >= 0.3 is 0 Å². The van der Waals surface area contributed by atoms with Crippen LogP contribution in [0.3, 0.4) is 0 Å². The topological polar surface area (TPSA) is 52.6 Å². The number of hydrogen-bond acceptors (Lipinski definition) is 3. The molecule has 0 bridgehead atoms. The Morgan fingerprint density at radius 1 is 1.33 bits per heavy atom. The summed E-state index contributed by atoms with van der Waals surface area (Å²) in [5.74, 6) is 0.429. The normalized spacial score (nSPS) is 15.3. The van der Waals surface area contributed by atoms with E-state index in [4.69, 9.17) is 28.3 Å². The van der Waals surface area contributed by atoms with Gasteiger partial charge < -0.3 is 15.3 Å². The van der Waals surface area contributed by atoms with Crippen LogP contribution >= 0.6 is 23.2 Å². The van der Waals surface area contributed by atoms with Gasteiger partial charge in [0, 0.05) is 25.6 Å². The number of likely N-dealkylation sites (tertiary alicyclic amines) is 1. The molecule has 1 unspecified atom stereocenters. The SMILES string of the molecule is CNC(C)CC(=O)N1CCCC1.Oc1ccc(Cl)c(Cl)c1. The molecule has 1 fully saturated rings. The molecule has 1 aromatic rings. The number of carbonyl (C=O) groups excluding carboxylic acids is 1. The lowest BCUT2D eigenvalue weighted by molar-refractivity contribution is -0.130. The van der Waals surface area contributed by atoms with Crippen LogP contribution in [0.2, 0.25) is 10.0 Å². The molecule has 1 amide bonds. The minimum Gasteiger partial charge on any atom is -0.508 e. The Bertz CT molecular complexity index is 463. The van der Waals surface area contributed by atoms with Crippen molar-refractivity contribution in [2.24, 2.45) is 0 Å². The summed E-state index contributed by atoms with van der Waals surface area (Å²) in [6.45, 7) is 3.97. The third-order valence-corrected chi connectivity index (χ3v) is 4.07. The second-order valence-corrected chi connectivity index (χ2v) is 5.89. The van der Waals surface area contributed by atoms with Gasteiger partial charge in [-0.25, -0.2) is 0 Å². The number of aromatic hydroxyl groups is 1. The number of rotatable bonds is 3. The van der Waals surface area contributed by atoms with Crippen LogP contribution in [0.25, 0.3) is 0 Å². The molecule has 6 heteroatoms. The highest BCUT2D eigenvalue weighted by Gasteiger charge is 2.18. The van der Waals surface area contributed by atoms with Crippen LogP contribution in [-0.2, 0) is 4.79 Å². The number of amides is 1. The Hall–Kier alpha value is -0.970. The zero-order valence-electron chi connectivity index (χ0n) is 12.4. The average molecular weight is 333 g/mol. The standard InChI is InChI=1S/C9H18N2O.C6H4Cl2O/c1-8(10-2)7-9(12)11-5-3-4-6-11;7-5-2-1-4(9)3-6(5)8/h8,10H,3-7H2,1-2H3;1-3,9H. The van der Waals surface area contributed by atoms with Gasteiger partial charge in [-0.3, -0.25) is 4.79 Å². The number of phenols is 1. The molecule has 1 atom stereocenters. The van der Waals surface area contributed by atoms with E-state index in [2.05, 4.69) is 5.32 Å². The first kappa shape index (κ1) is 18.1. The lowest BCUT2D eigenvalue weighted by Crippen LogP contribution is -2.33. The molecule has 1 heterocycles. The van der Waals surface area contributed by atoms with Crippen molar-refractivity contribution in [2.45, 2.75) is 32.2 Å². The molecule has 1 aliphatic heterocycles. The maximum absolute atomic E-state index is 11.5. The second kappa shape index (κ2) is 9.13. The summed E-state index contributed by atoms with van der Waals surface area (Å²) >= 11 is 11.1. The fourth-order valence-corrected chi connectivity index (χ4v) is 2.24. The first-order valence-corrected chi connectivity index (χ1v) is 7.78. The Morgan fingerprint density at radius 2 is 1.95 bits per heavy atom. The molecule has 2 rings (SSSR count). The summed E-state index contributed by atoms with van der Waals surface area (Å²) in [5, 5.41) is 12.7. The Balaban J connectivity index is 0.000000219. The van der Waals surface area contributed by atoms with Crippen LogP contribution in [0, 0.1) is 0 Å². The summed E-state index contributed by atoms with van der Waals surface area (Å²) in [7, 11) is 1.89. The van der Waals surface area contributed by atoms with Gasteiger partial charge in [0.1, 0.15) is 5.75 Å². The Labute approximate surface area is 136 Å². The number of nitrogens with one attached hydrogen (secondary N) is 1. The molecular formula is C15H22Cl2N2O2. The van der Waals surface area contributed by atoms with Crippen LogP contribution in [0.4, 0.5) is 0 Å². The number of benzene rings is 1. The molecule has 0 aromatic heterocycles. The highest BCUT2D eigenvalue weighted by Crippen LogP contribution is 2.25. The van der Waals surface area contributed by atoms with Crippen molar-refractivity contribution in [3.05, 3.63) is 28.2 Å². The predicted molar refractivity (Wildman–Crippen MR) is 87.1 cm³/mol. The fraction of sp³-hybridized carbons (Fsp3) is 0.533. The first-order chi connectivity index (χ1) is 9.93. The maximum atomic E-state index is 11.5. The monoisotopic (exact) mass is 332 g/mol. The van der Waals surface area contributed by atoms with Crippen molar-refractivity contribution in [3.63, 3.8) is 0 Å². The number of carbonyl (C=O) groups is 1. The molecular weight excluding hydrogens is 311 g/mol. The van der Waals surface area contributed by atoms with Gasteiger partial charge in [0.2, 0.25) is 5.91 Å². The zero-order valence-corrected chi connectivity index (χ0v) is 13.9. The maximum Gasteiger partial charge on any atom is 0.224 e. The molecule has 0 spiro atoms. The van der Waals surface area contributed by atoms with E-state index < -0.39 is 0 Å². The molecule has 4 nitrogen and oxygen atoms in total.